The van der Waals surface area contributed by atoms with E-state index in [0.29, 0.717) is 4.68 Å². The molecule has 1 heterocycles. The number of nitrogens with one attached hydrogen (secondary N) is 1. The molecule has 1 aromatic heterocycles. The number of allylic oxidation sites excluding steroid dienone is 1. The molecule has 10 nitrogen and oxygen atoms in total. The van der Waals surface area contributed by atoms with E-state index >= 15 is 0 Å². The first-order chi connectivity index (χ1) is 12.2. The third-order valence-corrected chi connectivity index (χ3v) is 4.70. The molecule has 1 aromatic carbocycles. The highest BCUT2D eigenvalue weighted by Crippen LogP contribution is 2.16. The minimum Gasteiger partial charge on any atom is -0.465 e. The zero-order chi connectivity index (χ0) is 19.5. The van der Waals surface area contributed by atoms with Crippen molar-refractivity contribution in [1.82, 2.24) is 19.1 Å². The highest BCUT2D eigenvalue weighted by molar-refractivity contribution is 7.90. The maximum atomic E-state index is 12.5. The third kappa shape index (κ3) is 3.57. The Kier molecular flexibility index (Phi) is 5.41. The van der Waals surface area contributed by atoms with Crippen LogP contribution < -0.4 is 10.4 Å². The van der Waals surface area contributed by atoms with Gasteiger partial charge >= 0.3 is 17.7 Å². The molecule has 0 radical (unpaired) electrons. The molecule has 0 bridgehead atoms. The van der Waals surface area contributed by atoms with Crippen molar-refractivity contribution >= 4 is 28.1 Å². The largest absolute Gasteiger partial charge is 0.465 e. The second-order valence-electron chi connectivity index (χ2n) is 5.01. The van der Waals surface area contributed by atoms with E-state index in [2.05, 4.69) is 9.84 Å². The molecule has 138 valence electrons. The minimum absolute atomic E-state index is 0.167. The molecule has 1 N–H and O–H groups in total. The Hall–Kier alpha value is -3.21. The topological polar surface area (TPSA) is 129 Å². The standard InChI is InChI=1S/C15H16N4O6S/c1-4-7-12-16-19(15(22)18(12)2)14(21)17-26(23,24)11-9-6-5-8-10(11)13(20)25-3/h4-9H,1-3H3,(H,17,21)/b7-4+. The molecule has 2 aromatic rings. The van der Waals surface area contributed by atoms with Crippen LogP contribution in [0.25, 0.3) is 6.08 Å². The molecule has 0 aliphatic heterocycles. The molecule has 0 saturated heterocycles. The number of nitrogens with zero attached hydrogens (tertiary/aromatic N) is 3. The van der Waals surface area contributed by atoms with Gasteiger partial charge in [-0.25, -0.2) is 27.5 Å². The van der Waals surface area contributed by atoms with Gasteiger partial charge in [0, 0.05) is 7.05 Å². The summed E-state index contributed by atoms with van der Waals surface area (Å²) in [5.41, 5.74) is -1.08. The lowest BCUT2D eigenvalue weighted by Crippen LogP contribution is -2.40. The van der Waals surface area contributed by atoms with Gasteiger partial charge in [0.05, 0.1) is 12.7 Å². The van der Waals surface area contributed by atoms with Crippen molar-refractivity contribution in [2.24, 2.45) is 7.05 Å². The van der Waals surface area contributed by atoms with Crippen molar-refractivity contribution in [3.63, 3.8) is 0 Å². The van der Waals surface area contributed by atoms with E-state index < -0.39 is 32.6 Å². The van der Waals surface area contributed by atoms with Crippen molar-refractivity contribution in [1.29, 1.82) is 0 Å². The number of ether oxygens (including phenoxy) is 1. The van der Waals surface area contributed by atoms with Crippen LogP contribution in [0.3, 0.4) is 0 Å². The molecule has 0 fully saturated rings. The average molecular weight is 380 g/mol. The van der Waals surface area contributed by atoms with Crippen LogP contribution in [0.5, 0.6) is 0 Å². The number of rotatable bonds is 4. The van der Waals surface area contributed by atoms with Crippen LogP contribution in [0.4, 0.5) is 4.79 Å². The zero-order valence-corrected chi connectivity index (χ0v) is 15.0. The van der Waals surface area contributed by atoms with Gasteiger partial charge in [0.1, 0.15) is 4.90 Å². The lowest BCUT2D eigenvalue weighted by Gasteiger charge is -2.09. The van der Waals surface area contributed by atoms with Gasteiger partial charge in [-0.15, -0.1) is 9.78 Å². The molecular formula is C15H16N4O6S. The summed E-state index contributed by atoms with van der Waals surface area (Å²) in [6.07, 6.45) is 3.08. The van der Waals surface area contributed by atoms with Crippen LogP contribution >= 0.6 is 0 Å². The van der Waals surface area contributed by atoms with Crippen LogP contribution in [0.1, 0.15) is 23.1 Å². The average Bonchev–Trinajstić information content (AvgIpc) is 2.89. The summed E-state index contributed by atoms with van der Waals surface area (Å²) in [5, 5.41) is 3.76. The van der Waals surface area contributed by atoms with E-state index in [1.54, 1.807) is 17.7 Å². The maximum Gasteiger partial charge on any atom is 0.360 e. The third-order valence-electron chi connectivity index (χ3n) is 3.33. The highest BCUT2D eigenvalue weighted by atomic mass is 32.2. The fourth-order valence-electron chi connectivity index (χ4n) is 2.07. The highest BCUT2D eigenvalue weighted by Gasteiger charge is 2.26. The number of aromatic nitrogens is 3. The van der Waals surface area contributed by atoms with Crippen molar-refractivity contribution < 1.29 is 22.7 Å². The Balaban J connectivity index is 2.43. The molecule has 0 spiro atoms. The number of carbonyl (C=O) groups excluding carboxylic acids is 2. The smallest absolute Gasteiger partial charge is 0.360 e. The molecule has 2 rings (SSSR count). The summed E-state index contributed by atoms with van der Waals surface area (Å²) in [7, 11) is -1.97. The van der Waals surface area contributed by atoms with E-state index in [9.17, 15) is 22.8 Å². The van der Waals surface area contributed by atoms with E-state index in [0.717, 1.165) is 17.7 Å². The number of hydrogen-bond donors (Lipinski definition) is 1. The van der Waals surface area contributed by atoms with E-state index in [1.807, 2.05) is 0 Å². The number of benzene rings is 1. The predicted octanol–water partition coefficient (Wildman–Crippen LogP) is 0.348. The first kappa shape index (κ1) is 19.1. The summed E-state index contributed by atoms with van der Waals surface area (Å²) < 4.78 is 32.7. The Labute approximate surface area is 148 Å². The van der Waals surface area contributed by atoms with Gasteiger partial charge in [-0.2, -0.15) is 0 Å². The van der Waals surface area contributed by atoms with Gasteiger partial charge in [-0.05, 0) is 25.1 Å². The van der Waals surface area contributed by atoms with Crippen LogP contribution in [0.2, 0.25) is 0 Å². The summed E-state index contributed by atoms with van der Waals surface area (Å²) in [4.78, 5) is 35.6. The molecule has 11 heteroatoms. The van der Waals surface area contributed by atoms with Crippen LogP contribution in [-0.2, 0) is 21.8 Å². The van der Waals surface area contributed by atoms with E-state index in [4.69, 9.17) is 0 Å². The fourth-order valence-corrected chi connectivity index (χ4v) is 3.20. The van der Waals surface area contributed by atoms with Crippen LogP contribution in [-0.4, -0.2) is 41.9 Å². The van der Waals surface area contributed by atoms with Gasteiger partial charge in [-0.1, -0.05) is 18.2 Å². The van der Waals surface area contributed by atoms with Crippen molar-refractivity contribution in [3.8, 4) is 0 Å². The van der Waals surface area contributed by atoms with Gasteiger partial charge in [0.15, 0.2) is 5.82 Å². The second-order valence-corrected chi connectivity index (χ2v) is 6.66. The molecule has 0 saturated carbocycles. The van der Waals surface area contributed by atoms with Crippen molar-refractivity contribution in [2.45, 2.75) is 11.8 Å². The second kappa shape index (κ2) is 7.35. The first-order valence-electron chi connectivity index (χ1n) is 7.26. The van der Waals surface area contributed by atoms with E-state index in [1.165, 1.54) is 31.3 Å². The van der Waals surface area contributed by atoms with Crippen LogP contribution in [0, 0.1) is 0 Å². The van der Waals surface area contributed by atoms with Gasteiger partial charge < -0.3 is 4.74 Å². The normalized spacial score (nSPS) is 11.5. The van der Waals surface area contributed by atoms with Crippen molar-refractivity contribution in [3.05, 3.63) is 52.2 Å². The molecule has 0 unspecified atom stereocenters. The molecule has 0 atom stereocenters. The number of sulfonamides is 1. The van der Waals surface area contributed by atoms with E-state index in [-0.39, 0.29) is 11.4 Å². The molecule has 26 heavy (non-hydrogen) atoms. The van der Waals surface area contributed by atoms with Crippen LogP contribution in [0.15, 0.2) is 40.0 Å². The quantitative estimate of drug-likeness (QED) is 0.758. The minimum atomic E-state index is -4.45. The Morgan fingerprint density at radius 3 is 2.54 bits per heavy atom. The summed E-state index contributed by atoms with van der Waals surface area (Å²) >= 11 is 0. The SMILES string of the molecule is C/C=C/c1nn(C(=O)NS(=O)(=O)c2ccccc2C(=O)OC)c(=O)n1C. The Morgan fingerprint density at radius 2 is 1.92 bits per heavy atom. The lowest BCUT2D eigenvalue weighted by atomic mass is 10.2. The zero-order valence-electron chi connectivity index (χ0n) is 14.2. The maximum absolute atomic E-state index is 12.5. The summed E-state index contributed by atoms with van der Waals surface area (Å²) in [6.45, 7) is 1.69. The Morgan fingerprint density at radius 1 is 1.27 bits per heavy atom. The number of amides is 1. The number of methoxy groups -OCH3 is 1. The summed E-state index contributed by atoms with van der Waals surface area (Å²) in [5.74, 6) is -0.719. The van der Waals surface area contributed by atoms with Gasteiger partial charge in [-0.3, -0.25) is 4.57 Å². The molecule has 0 aliphatic carbocycles. The lowest BCUT2D eigenvalue weighted by molar-refractivity contribution is 0.0596. The molecule has 1 amide bonds. The molecular weight excluding hydrogens is 364 g/mol. The number of carbonyl (C=O) groups is 2. The van der Waals surface area contributed by atoms with Crippen molar-refractivity contribution in [2.75, 3.05) is 7.11 Å². The predicted molar refractivity (Wildman–Crippen MR) is 91.1 cm³/mol. The number of esters is 1. The summed E-state index contributed by atoms with van der Waals surface area (Å²) in [6, 6.07) is 3.92. The molecule has 0 aliphatic rings. The fraction of sp³-hybridized carbons (Fsp3) is 0.200. The monoisotopic (exact) mass is 380 g/mol. The Bertz CT molecular complexity index is 1050. The number of hydrogen-bond acceptors (Lipinski definition) is 7. The first-order valence-corrected chi connectivity index (χ1v) is 8.74. The van der Waals surface area contributed by atoms with Gasteiger partial charge in [0.25, 0.3) is 10.0 Å². The van der Waals surface area contributed by atoms with Gasteiger partial charge in [0.2, 0.25) is 0 Å².